The van der Waals surface area contributed by atoms with Gasteiger partial charge in [0.15, 0.2) is 5.16 Å². The SMILES string of the molecule is COc1ccc(-n2cc(-c3ccccc3)nc2SCC(=O)Nc2cc(=O)[nH]c(=O)n2-c2ccccc2)cc1. The van der Waals surface area contributed by atoms with Crippen LogP contribution >= 0.6 is 11.8 Å². The molecular formula is C28H23N5O4S. The molecule has 190 valence electrons. The molecule has 5 rings (SSSR count). The number of nitrogens with zero attached hydrogens (tertiary/aromatic N) is 3. The Balaban J connectivity index is 1.42. The van der Waals surface area contributed by atoms with Gasteiger partial charge in [-0.25, -0.2) is 14.3 Å². The lowest BCUT2D eigenvalue weighted by Crippen LogP contribution is -2.32. The molecule has 2 aromatic heterocycles. The van der Waals surface area contributed by atoms with Gasteiger partial charge in [0.25, 0.3) is 5.56 Å². The highest BCUT2D eigenvalue weighted by Gasteiger charge is 2.16. The van der Waals surface area contributed by atoms with E-state index in [1.165, 1.54) is 22.4 Å². The predicted octanol–water partition coefficient (Wildman–Crippen LogP) is 4.12. The first-order valence-corrected chi connectivity index (χ1v) is 12.6. The minimum Gasteiger partial charge on any atom is -0.497 e. The van der Waals surface area contributed by atoms with E-state index in [2.05, 4.69) is 10.3 Å². The molecule has 0 radical (unpaired) electrons. The van der Waals surface area contributed by atoms with Gasteiger partial charge >= 0.3 is 5.69 Å². The molecule has 0 saturated heterocycles. The molecule has 0 saturated carbocycles. The predicted molar refractivity (Wildman–Crippen MR) is 148 cm³/mol. The second-order valence-electron chi connectivity index (χ2n) is 8.17. The molecule has 5 aromatic rings. The maximum Gasteiger partial charge on any atom is 0.334 e. The summed E-state index contributed by atoms with van der Waals surface area (Å²) in [6.07, 6.45) is 1.92. The van der Waals surface area contributed by atoms with Gasteiger partial charge in [-0.3, -0.25) is 19.1 Å². The van der Waals surface area contributed by atoms with Crippen LogP contribution in [0.3, 0.4) is 0 Å². The number of amides is 1. The molecule has 0 aliphatic heterocycles. The molecule has 0 aliphatic rings. The van der Waals surface area contributed by atoms with Gasteiger partial charge in [0.2, 0.25) is 5.91 Å². The lowest BCUT2D eigenvalue weighted by atomic mass is 10.2. The van der Waals surface area contributed by atoms with Gasteiger partial charge in [-0.1, -0.05) is 60.3 Å². The van der Waals surface area contributed by atoms with Gasteiger partial charge in [-0.15, -0.1) is 0 Å². The molecule has 0 bridgehead atoms. The fourth-order valence-corrected chi connectivity index (χ4v) is 4.66. The molecule has 0 fully saturated rings. The maximum atomic E-state index is 13.0. The van der Waals surface area contributed by atoms with E-state index in [1.54, 1.807) is 31.4 Å². The third-order valence-corrected chi connectivity index (χ3v) is 6.60. The molecule has 10 heteroatoms. The number of imidazole rings is 1. The summed E-state index contributed by atoms with van der Waals surface area (Å²) in [5.41, 5.74) is 1.83. The zero-order valence-electron chi connectivity index (χ0n) is 20.3. The summed E-state index contributed by atoms with van der Waals surface area (Å²) < 4.78 is 8.43. The lowest BCUT2D eigenvalue weighted by Gasteiger charge is -2.13. The van der Waals surface area contributed by atoms with Crippen LogP contribution in [0, 0.1) is 0 Å². The van der Waals surface area contributed by atoms with Crippen LogP contribution in [0.1, 0.15) is 0 Å². The fourth-order valence-electron chi connectivity index (χ4n) is 3.87. The van der Waals surface area contributed by atoms with Crippen molar-refractivity contribution in [1.29, 1.82) is 0 Å². The molecule has 0 unspecified atom stereocenters. The van der Waals surface area contributed by atoms with Gasteiger partial charge in [0.1, 0.15) is 11.6 Å². The number of ether oxygens (including phenoxy) is 1. The van der Waals surface area contributed by atoms with Crippen molar-refractivity contribution in [2.75, 3.05) is 18.2 Å². The topological polar surface area (TPSA) is 111 Å². The summed E-state index contributed by atoms with van der Waals surface area (Å²) in [4.78, 5) is 44.5. The number of nitrogens with one attached hydrogen (secondary N) is 2. The quantitative estimate of drug-likeness (QED) is 0.295. The van der Waals surface area contributed by atoms with Gasteiger partial charge in [-0.2, -0.15) is 0 Å². The Labute approximate surface area is 221 Å². The molecule has 3 aromatic carbocycles. The molecule has 0 spiro atoms. The summed E-state index contributed by atoms with van der Waals surface area (Å²) in [6.45, 7) is 0. The Morgan fingerprint density at radius 2 is 1.63 bits per heavy atom. The first kappa shape index (κ1) is 24.8. The number of aromatic nitrogens is 4. The van der Waals surface area contributed by atoms with E-state index in [9.17, 15) is 14.4 Å². The molecule has 2 N–H and O–H groups in total. The monoisotopic (exact) mass is 525 g/mol. The summed E-state index contributed by atoms with van der Waals surface area (Å²) in [5.74, 6) is 0.416. The van der Waals surface area contributed by atoms with E-state index < -0.39 is 17.2 Å². The highest BCUT2D eigenvalue weighted by atomic mass is 32.2. The van der Waals surface area contributed by atoms with Crippen molar-refractivity contribution in [2.24, 2.45) is 0 Å². The van der Waals surface area contributed by atoms with Crippen molar-refractivity contribution >= 4 is 23.5 Å². The van der Waals surface area contributed by atoms with Crippen LogP contribution in [0.2, 0.25) is 0 Å². The number of rotatable bonds is 8. The van der Waals surface area contributed by atoms with E-state index in [0.717, 1.165) is 22.7 Å². The van der Waals surface area contributed by atoms with Crippen LogP contribution in [0.5, 0.6) is 5.75 Å². The number of hydrogen-bond donors (Lipinski definition) is 2. The van der Waals surface area contributed by atoms with E-state index in [4.69, 9.17) is 9.72 Å². The van der Waals surface area contributed by atoms with E-state index >= 15 is 0 Å². The van der Waals surface area contributed by atoms with Crippen molar-refractivity contribution in [2.45, 2.75) is 5.16 Å². The number of carbonyl (C=O) groups excluding carboxylic acids is 1. The minimum atomic E-state index is -0.644. The highest BCUT2D eigenvalue weighted by molar-refractivity contribution is 7.99. The Hall–Kier alpha value is -4.83. The average Bonchev–Trinajstić information content (AvgIpc) is 3.37. The zero-order valence-corrected chi connectivity index (χ0v) is 21.1. The second kappa shape index (κ2) is 11.1. The molecular weight excluding hydrogens is 502 g/mol. The molecule has 38 heavy (non-hydrogen) atoms. The summed E-state index contributed by atoms with van der Waals surface area (Å²) >= 11 is 1.24. The standard InChI is InChI=1S/C28H23N5O4S/c1-37-22-14-12-20(13-15-22)32-17-23(19-8-4-2-5-9-19)29-28(32)38-18-26(35)30-24-16-25(34)31-27(36)33(24)21-10-6-3-7-11-21/h2-17H,18H2,1H3,(H,30,35)(H,31,34,36). The Morgan fingerprint density at radius 1 is 0.947 bits per heavy atom. The molecule has 2 heterocycles. The van der Waals surface area contributed by atoms with Crippen molar-refractivity contribution in [1.82, 2.24) is 19.1 Å². The Kier molecular flexibility index (Phi) is 7.23. The van der Waals surface area contributed by atoms with Crippen LogP contribution in [0.15, 0.2) is 112 Å². The van der Waals surface area contributed by atoms with E-state index in [0.29, 0.717) is 10.8 Å². The van der Waals surface area contributed by atoms with Crippen molar-refractivity contribution in [3.05, 3.63) is 118 Å². The van der Waals surface area contributed by atoms with Crippen LogP contribution in [-0.4, -0.2) is 37.9 Å². The van der Waals surface area contributed by atoms with Crippen molar-refractivity contribution in [3.8, 4) is 28.4 Å². The number of hydrogen-bond acceptors (Lipinski definition) is 6. The largest absolute Gasteiger partial charge is 0.497 e. The van der Waals surface area contributed by atoms with Crippen LogP contribution in [-0.2, 0) is 4.79 Å². The van der Waals surface area contributed by atoms with Crippen molar-refractivity contribution in [3.63, 3.8) is 0 Å². The van der Waals surface area contributed by atoms with Crippen LogP contribution < -0.4 is 21.3 Å². The smallest absolute Gasteiger partial charge is 0.334 e. The van der Waals surface area contributed by atoms with Crippen LogP contribution in [0.25, 0.3) is 22.6 Å². The second-order valence-corrected chi connectivity index (χ2v) is 9.12. The Bertz CT molecular complexity index is 1680. The van der Waals surface area contributed by atoms with E-state index in [1.807, 2.05) is 71.4 Å². The number of aromatic amines is 1. The Morgan fingerprint density at radius 3 is 2.32 bits per heavy atom. The number of thioether (sulfide) groups is 1. The number of H-pyrrole nitrogens is 1. The van der Waals surface area contributed by atoms with Gasteiger partial charge < -0.3 is 10.1 Å². The fraction of sp³-hybridized carbons (Fsp3) is 0.0714. The maximum absolute atomic E-state index is 13.0. The molecule has 0 aliphatic carbocycles. The molecule has 0 atom stereocenters. The lowest BCUT2D eigenvalue weighted by molar-refractivity contribution is -0.113. The summed E-state index contributed by atoms with van der Waals surface area (Å²) in [6, 6.07) is 27.2. The van der Waals surface area contributed by atoms with Gasteiger partial charge in [-0.05, 0) is 36.4 Å². The minimum absolute atomic E-state index is 0.00280. The van der Waals surface area contributed by atoms with Crippen molar-refractivity contribution < 1.29 is 9.53 Å². The number of para-hydroxylation sites is 1. The normalized spacial score (nSPS) is 10.8. The van der Waals surface area contributed by atoms with Gasteiger partial charge in [0.05, 0.1) is 24.2 Å². The third kappa shape index (κ3) is 5.45. The number of methoxy groups -OCH3 is 1. The highest BCUT2D eigenvalue weighted by Crippen LogP contribution is 2.28. The molecule has 1 amide bonds. The first-order chi connectivity index (χ1) is 18.5. The first-order valence-electron chi connectivity index (χ1n) is 11.7. The third-order valence-electron chi connectivity index (χ3n) is 5.65. The average molecular weight is 526 g/mol. The van der Waals surface area contributed by atoms with Crippen LogP contribution in [0.4, 0.5) is 5.82 Å². The summed E-state index contributed by atoms with van der Waals surface area (Å²) in [7, 11) is 1.61. The number of anilines is 1. The number of benzene rings is 3. The van der Waals surface area contributed by atoms with Gasteiger partial charge in [0, 0.05) is 23.5 Å². The summed E-state index contributed by atoms with van der Waals surface area (Å²) in [5, 5.41) is 3.31. The zero-order chi connectivity index (χ0) is 26.5. The van der Waals surface area contributed by atoms with E-state index in [-0.39, 0.29) is 11.6 Å². The molecule has 9 nitrogen and oxygen atoms in total. The number of carbonyl (C=O) groups is 1.